The van der Waals surface area contributed by atoms with Crippen LogP contribution in [-0.2, 0) is 13.1 Å². The summed E-state index contributed by atoms with van der Waals surface area (Å²) >= 11 is 0. The smallest absolute Gasteiger partial charge is 0.0964 e. The average molecular weight is 252 g/mol. The zero-order chi connectivity index (χ0) is 13.0. The van der Waals surface area contributed by atoms with E-state index in [2.05, 4.69) is 39.4 Å². The van der Waals surface area contributed by atoms with Gasteiger partial charge in [-0.3, -0.25) is 9.58 Å². The van der Waals surface area contributed by atoms with Crippen LogP contribution in [0, 0.1) is 0 Å². The number of piperazine rings is 1. The molecule has 6 nitrogen and oxygen atoms in total. The first-order valence-corrected chi connectivity index (χ1v) is 6.65. The number of likely N-dealkylation sites (N-methyl/N-ethyl adjacent to an activating group) is 1. The quantitative estimate of drug-likeness (QED) is 0.775. The van der Waals surface area contributed by atoms with Gasteiger partial charge in [-0.25, -0.2) is 0 Å². The molecule has 102 valence electrons. The third kappa shape index (κ3) is 3.51. The van der Waals surface area contributed by atoms with Crippen LogP contribution in [0.4, 0.5) is 0 Å². The zero-order valence-electron chi connectivity index (χ0n) is 11.6. The molecule has 1 aromatic rings. The van der Waals surface area contributed by atoms with Crippen molar-refractivity contribution in [1.29, 1.82) is 0 Å². The van der Waals surface area contributed by atoms with Gasteiger partial charge in [0, 0.05) is 45.0 Å². The molecule has 1 aromatic heterocycles. The van der Waals surface area contributed by atoms with Crippen molar-refractivity contribution in [2.75, 3.05) is 40.3 Å². The van der Waals surface area contributed by atoms with Gasteiger partial charge in [-0.15, -0.1) is 5.10 Å². The third-order valence-electron chi connectivity index (χ3n) is 3.63. The first-order valence-electron chi connectivity index (χ1n) is 6.65. The van der Waals surface area contributed by atoms with E-state index in [1.807, 2.05) is 17.9 Å². The Morgan fingerprint density at radius 2 is 2.22 bits per heavy atom. The van der Waals surface area contributed by atoms with Crippen molar-refractivity contribution in [3.63, 3.8) is 0 Å². The fourth-order valence-corrected chi connectivity index (χ4v) is 2.28. The predicted octanol–water partition coefficient (Wildman–Crippen LogP) is -0.367. The maximum absolute atomic E-state index is 4.14. The number of rotatable bonds is 5. The van der Waals surface area contributed by atoms with Crippen molar-refractivity contribution < 1.29 is 0 Å². The first kappa shape index (κ1) is 13.5. The average Bonchev–Trinajstić information content (AvgIpc) is 2.79. The molecule has 1 aliphatic heterocycles. The van der Waals surface area contributed by atoms with Gasteiger partial charge in [-0.05, 0) is 21.0 Å². The van der Waals surface area contributed by atoms with Gasteiger partial charge in [-0.2, -0.15) is 0 Å². The lowest BCUT2D eigenvalue weighted by Gasteiger charge is -2.37. The lowest BCUT2D eigenvalue weighted by molar-refractivity contribution is 0.101. The Morgan fingerprint density at radius 3 is 2.94 bits per heavy atom. The van der Waals surface area contributed by atoms with Crippen molar-refractivity contribution in [3.8, 4) is 0 Å². The molecule has 0 aliphatic carbocycles. The van der Waals surface area contributed by atoms with Gasteiger partial charge in [0.25, 0.3) is 0 Å². The number of hydrogen-bond acceptors (Lipinski definition) is 5. The Kier molecular flexibility index (Phi) is 4.68. The summed E-state index contributed by atoms with van der Waals surface area (Å²) in [5.74, 6) is 0. The molecule has 0 bridgehead atoms. The van der Waals surface area contributed by atoms with Gasteiger partial charge in [0.2, 0.25) is 0 Å². The lowest BCUT2D eigenvalue weighted by atomic mass is 10.2. The van der Waals surface area contributed by atoms with Crippen LogP contribution in [0.5, 0.6) is 0 Å². The van der Waals surface area contributed by atoms with E-state index in [0.717, 1.165) is 45.0 Å². The summed E-state index contributed by atoms with van der Waals surface area (Å²) in [5, 5.41) is 11.3. The third-order valence-corrected chi connectivity index (χ3v) is 3.63. The summed E-state index contributed by atoms with van der Waals surface area (Å²) < 4.78 is 1.94. The van der Waals surface area contributed by atoms with E-state index in [1.165, 1.54) is 0 Å². The van der Waals surface area contributed by atoms with Crippen LogP contribution in [0.2, 0.25) is 0 Å². The Morgan fingerprint density at radius 1 is 1.39 bits per heavy atom. The minimum absolute atomic E-state index is 0.648. The SMILES string of the molecule is CNCc1cn(CCN2CCN(C)C(C)C2)nn1. The van der Waals surface area contributed by atoms with Crippen LogP contribution in [0.3, 0.4) is 0 Å². The lowest BCUT2D eigenvalue weighted by Crippen LogP contribution is -2.50. The van der Waals surface area contributed by atoms with Gasteiger partial charge in [0.1, 0.15) is 0 Å². The van der Waals surface area contributed by atoms with Crippen molar-refractivity contribution >= 4 is 0 Å². The van der Waals surface area contributed by atoms with Gasteiger partial charge < -0.3 is 10.2 Å². The predicted molar refractivity (Wildman–Crippen MR) is 71.3 cm³/mol. The molecular weight excluding hydrogens is 228 g/mol. The normalized spacial score (nSPS) is 22.5. The number of aromatic nitrogens is 3. The van der Waals surface area contributed by atoms with Crippen LogP contribution in [0.15, 0.2) is 6.20 Å². The molecule has 0 amide bonds. The fourth-order valence-electron chi connectivity index (χ4n) is 2.28. The van der Waals surface area contributed by atoms with Gasteiger partial charge in [0.05, 0.1) is 12.2 Å². The molecular formula is C12H24N6. The second-order valence-corrected chi connectivity index (χ2v) is 5.13. The molecule has 1 unspecified atom stereocenters. The van der Waals surface area contributed by atoms with Crippen LogP contribution in [-0.4, -0.2) is 71.1 Å². The number of nitrogens with zero attached hydrogens (tertiary/aromatic N) is 5. The monoisotopic (exact) mass is 252 g/mol. The molecule has 18 heavy (non-hydrogen) atoms. The molecule has 1 fully saturated rings. The highest BCUT2D eigenvalue weighted by Gasteiger charge is 2.20. The van der Waals surface area contributed by atoms with E-state index in [-0.39, 0.29) is 0 Å². The number of nitrogens with one attached hydrogen (secondary N) is 1. The summed E-state index contributed by atoms with van der Waals surface area (Å²) in [5.41, 5.74) is 1.00. The molecule has 2 heterocycles. The fraction of sp³-hybridized carbons (Fsp3) is 0.833. The molecule has 0 spiro atoms. The second-order valence-electron chi connectivity index (χ2n) is 5.13. The molecule has 1 atom stereocenters. The number of hydrogen-bond donors (Lipinski definition) is 1. The van der Waals surface area contributed by atoms with Crippen LogP contribution >= 0.6 is 0 Å². The molecule has 0 radical (unpaired) electrons. The maximum Gasteiger partial charge on any atom is 0.0964 e. The standard InChI is InChI=1S/C12H24N6/c1-11-9-17(5-4-16(11)3)6-7-18-10-12(8-13-2)14-15-18/h10-11,13H,4-9H2,1-3H3. The Hall–Kier alpha value is -0.980. The summed E-state index contributed by atoms with van der Waals surface area (Å²) in [4.78, 5) is 4.92. The Balaban J connectivity index is 1.77. The summed E-state index contributed by atoms with van der Waals surface area (Å²) in [6.07, 6.45) is 2.02. The highest BCUT2D eigenvalue weighted by Crippen LogP contribution is 2.06. The minimum Gasteiger partial charge on any atom is -0.314 e. The highest BCUT2D eigenvalue weighted by molar-refractivity contribution is 4.91. The molecule has 1 N–H and O–H groups in total. The van der Waals surface area contributed by atoms with Crippen LogP contribution in [0.25, 0.3) is 0 Å². The second kappa shape index (κ2) is 6.26. The molecule has 6 heteroatoms. The summed E-state index contributed by atoms with van der Waals surface area (Å²) in [6, 6.07) is 0.648. The van der Waals surface area contributed by atoms with Gasteiger partial charge in [-0.1, -0.05) is 5.21 Å². The van der Waals surface area contributed by atoms with E-state index in [4.69, 9.17) is 0 Å². The van der Waals surface area contributed by atoms with Gasteiger partial charge in [0.15, 0.2) is 0 Å². The van der Waals surface area contributed by atoms with Crippen molar-refractivity contribution in [2.24, 2.45) is 0 Å². The van der Waals surface area contributed by atoms with E-state index >= 15 is 0 Å². The molecule has 2 rings (SSSR count). The van der Waals surface area contributed by atoms with Crippen LogP contribution < -0.4 is 5.32 Å². The zero-order valence-corrected chi connectivity index (χ0v) is 11.6. The Labute approximate surface area is 109 Å². The maximum atomic E-state index is 4.14. The topological polar surface area (TPSA) is 49.2 Å². The van der Waals surface area contributed by atoms with Crippen molar-refractivity contribution in [2.45, 2.75) is 26.1 Å². The van der Waals surface area contributed by atoms with E-state index in [1.54, 1.807) is 0 Å². The highest BCUT2D eigenvalue weighted by atomic mass is 15.4. The van der Waals surface area contributed by atoms with E-state index in [9.17, 15) is 0 Å². The molecule has 0 aromatic carbocycles. The Bertz CT molecular complexity index is 363. The molecule has 1 aliphatic rings. The first-order chi connectivity index (χ1) is 8.69. The summed E-state index contributed by atoms with van der Waals surface area (Å²) in [7, 11) is 4.12. The molecule has 0 saturated carbocycles. The molecule has 1 saturated heterocycles. The van der Waals surface area contributed by atoms with Crippen molar-refractivity contribution in [3.05, 3.63) is 11.9 Å². The van der Waals surface area contributed by atoms with Gasteiger partial charge >= 0.3 is 0 Å². The summed E-state index contributed by atoms with van der Waals surface area (Å²) in [6.45, 7) is 8.50. The van der Waals surface area contributed by atoms with Crippen LogP contribution in [0.1, 0.15) is 12.6 Å². The minimum atomic E-state index is 0.648. The van der Waals surface area contributed by atoms with Crippen molar-refractivity contribution in [1.82, 2.24) is 30.1 Å². The van der Waals surface area contributed by atoms with E-state index in [0.29, 0.717) is 6.04 Å². The largest absolute Gasteiger partial charge is 0.314 e. The van der Waals surface area contributed by atoms with E-state index < -0.39 is 0 Å².